The smallest absolute Gasteiger partial charge is 0.305 e. The van der Waals surface area contributed by atoms with Gasteiger partial charge in [0.2, 0.25) is 11.8 Å². The number of nitrogens with one attached hydrogen (secondary N) is 3. The Morgan fingerprint density at radius 1 is 1.04 bits per heavy atom. The van der Waals surface area contributed by atoms with E-state index in [4.69, 9.17) is 20.6 Å². The maximum Gasteiger partial charge on any atom is 0.305 e. The maximum atomic E-state index is 16.3. The molecule has 0 spiro atoms. The number of esters is 1. The second-order valence-electron chi connectivity index (χ2n) is 13.0. The Labute approximate surface area is 303 Å². The number of nitrogens with two attached hydrogens (primary N) is 1. The van der Waals surface area contributed by atoms with Gasteiger partial charge in [0.1, 0.15) is 11.9 Å². The van der Waals surface area contributed by atoms with E-state index in [0.29, 0.717) is 41.9 Å². The minimum Gasteiger partial charge on any atom is -0.466 e. The van der Waals surface area contributed by atoms with Crippen LogP contribution in [0, 0.1) is 5.41 Å². The van der Waals surface area contributed by atoms with Gasteiger partial charge in [0.05, 0.1) is 32.3 Å². The van der Waals surface area contributed by atoms with Gasteiger partial charge in [-0.25, -0.2) is 4.39 Å². The van der Waals surface area contributed by atoms with E-state index < -0.39 is 54.5 Å². The lowest BCUT2D eigenvalue weighted by atomic mass is 10.0. The minimum absolute atomic E-state index is 0.0555. The number of rotatable bonds is 16. The number of unbranched alkanes of at least 4 members (excludes halogenated alkanes) is 2. The summed E-state index contributed by atoms with van der Waals surface area (Å²) in [6.45, 7) is 2.55. The average Bonchev–Trinajstić information content (AvgIpc) is 3.81. The molecule has 1 saturated heterocycles. The van der Waals surface area contributed by atoms with Crippen molar-refractivity contribution in [2.24, 2.45) is 5.73 Å². The van der Waals surface area contributed by atoms with Crippen LogP contribution in [0.25, 0.3) is 11.1 Å². The van der Waals surface area contributed by atoms with Crippen molar-refractivity contribution < 1.29 is 41.8 Å². The molecule has 2 aromatic carbocycles. The first kappa shape index (κ1) is 38.5. The predicted octanol–water partition coefficient (Wildman–Crippen LogP) is 5.21. The number of carbonyl (C=O) groups excluding carboxylic acids is 4. The summed E-state index contributed by atoms with van der Waals surface area (Å²) >= 11 is 1.29. The van der Waals surface area contributed by atoms with Gasteiger partial charge >= 0.3 is 5.97 Å². The molecule has 3 amide bonds. The highest BCUT2D eigenvalue weighted by Gasteiger charge is 2.50. The van der Waals surface area contributed by atoms with Crippen LogP contribution < -0.4 is 16.4 Å². The van der Waals surface area contributed by atoms with Crippen molar-refractivity contribution in [1.82, 2.24) is 15.5 Å². The van der Waals surface area contributed by atoms with Crippen molar-refractivity contribution in [3.8, 4) is 11.1 Å². The number of alkyl halides is 3. The summed E-state index contributed by atoms with van der Waals surface area (Å²) in [6, 6.07) is 9.75. The van der Waals surface area contributed by atoms with Crippen molar-refractivity contribution in [3.05, 3.63) is 81.0 Å². The molecule has 1 aromatic heterocycles. The van der Waals surface area contributed by atoms with Gasteiger partial charge in [0, 0.05) is 52.0 Å². The van der Waals surface area contributed by atoms with Crippen molar-refractivity contribution >= 4 is 40.9 Å². The summed E-state index contributed by atoms with van der Waals surface area (Å²) < 4.78 is 56.8. The molecule has 1 aliphatic heterocycles. The predicted molar refractivity (Wildman–Crippen MR) is 189 cm³/mol. The average molecular weight is 742 g/mol. The van der Waals surface area contributed by atoms with Crippen LogP contribution in [0.1, 0.15) is 83.9 Å². The van der Waals surface area contributed by atoms with Crippen LogP contribution in [0.15, 0.2) is 53.9 Å². The molecule has 5 rings (SSSR count). The number of halogens is 3. The summed E-state index contributed by atoms with van der Waals surface area (Å²) in [7, 11) is 0. The van der Waals surface area contributed by atoms with E-state index in [2.05, 4.69) is 10.6 Å². The van der Waals surface area contributed by atoms with Gasteiger partial charge in [-0.2, -0.15) is 8.78 Å². The van der Waals surface area contributed by atoms with Crippen LogP contribution in [0.3, 0.4) is 0 Å². The molecule has 0 bridgehead atoms. The summed E-state index contributed by atoms with van der Waals surface area (Å²) in [4.78, 5) is 53.6. The number of ether oxygens (including phenoxy) is 2. The van der Waals surface area contributed by atoms with Gasteiger partial charge < -0.3 is 30.7 Å². The number of thiophene rings is 1. The minimum atomic E-state index is -3.22. The molecule has 278 valence electrons. The lowest BCUT2D eigenvalue weighted by Gasteiger charge is -2.25. The number of hydrogen-bond donors (Lipinski definition) is 4. The molecule has 3 atom stereocenters. The molecule has 2 heterocycles. The van der Waals surface area contributed by atoms with Crippen LogP contribution in [0.4, 0.5) is 13.2 Å². The number of benzene rings is 2. The van der Waals surface area contributed by atoms with Gasteiger partial charge in [0.15, 0.2) is 5.67 Å². The highest BCUT2D eigenvalue weighted by molar-refractivity contribution is 7.10. The zero-order valence-corrected chi connectivity index (χ0v) is 29.8. The molecule has 2 aliphatic rings. The molecular weight excluding hydrogens is 699 g/mol. The highest BCUT2D eigenvalue weighted by Crippen LogP contribution is 2.51. The normalized spacial score (nSPS) is 19.0. The topological polar surface area (TPSA) is 164 Å². The largest absolute Gasteiger partial charge is 0.466 e. The second kappa shape index (κ2) is 16.3. The van der Waals surface area contributed by atoms with Gasteiger partial charge in [-0.1, -0.05) is 36.8 Å². The second-order valence-corrected chi connectivity index (χ2v) is 13.9. The van der Waals surface area contributed by atoms with Crippen LogP contribution in [0.2, 0.25) is 0 Å². The number of carbonyl (C=O) groups is 4. The number of amidine groups is 1. The summed E-state index contributed by atoms with van der Waals surface area (Å²) in [5.74, 6) is -5.65. The van der Waals surface area contributed by atoms with Crippen molar-refractivity contribution in [3.63, 3.8) is 0 Å². The van der Waals surface area contributed by atoms with Gasteiger partial charge in [-0.15, -0.1) is 11.3 Å². The van der Waals surface area contributed by atoms with Crippen LogP contribution >= 0.6 is 11.3 Å². The molecule has 15 heteroatoms. The van der Waals surface area contributed by atoms with Crippen molar-refractivity contribution in [1.29, 1.82) is 5.41 Å². The molecule has 3 aromatic rings. The zero-order chi connectivity index (χ0) is 37.6. The zero-order valence-electron chi connectivity index (χ0n) is 28.9. The molecule has 0 radical (unpaired) electrons. The molecule has 11 nitrogen and oxygen atoms in total. The Kier molecular flexibility index (Phi) is 12.0. The Morgan fingerprint density at radius 3 is 2.52 bits per heavy atom. The standard InChI is InChI=1S/C37H42F3N5O6S/c1-3-51-32(47)11-5-4-8-14-50-21-36(38)17-29(35(49)44-22(2)30-16-24(19-52-30)33(41)42)45(20-36)31(46)18-43-34(48)23-12-13-28-26(15-23)25-9-6-7-10-27(25)37(28,39)40/h6-7,9-10,12-13,15-16,19,22,29H,3-5,8,11,14,17-18,20-21H2,1-2H3,(H3,41,42)(H,43,48)(H,44,49)/t22-,29+,36-/m1/s1. The molecule has 52 heavy (non-hydrogen) atoms. The van der Waals surface area contributed by atoms with Gasteiger partial charge in [-0.05, 0) is 56.0 Å². The van der Waals surface area contributed by atoms with E-state index in [0.717, 1.165) is 4.90 Å². The Hall–Kier alpha value is -4.76. The molecule has 1 aliphatic carbocycles. The van der Waals surface area contributed by atoms with Crippen LogP contribution in [0.5, 0.6) is 0 Å². The van der Waals surface area contributed by atoms with Crippen LogP contribution in [-0.4, -0.2) is 79.0 Å². The fourth-order valence-electron chi connectivity index (χ4n) is 6.46. The fourth-order valence-corrected chi connectivity index (χ4v) is 7.37. The van der Waals surface area contributed by atoms with E-state index in [-0.39, 0.29) is 60.1 Å². The Balaban J connectivity index is 1.23. The number of nitrogens with zero attached hydrogens (tertiary/aromatic N) is 1. The first-order valence-electron chi connectivity index (χ1n) is 17.1. The van der Waals surface area contributed by atoms with Gasteiger partial charge in [-0.3, -0.25) is 24.6 Å². The number of likely N-dealkylation sites (tertiary alicyclic amines) is 1. The fraction of sp³-hybridized carbons (Fsp3) is 0.432. The lowest BCUT2D eigenvalue weighted by Crippen LogP contribution is -2.49. The van der Waals surface area contributed by atoms with E-state index in [1.165, 1.54) is 41.7 Å². The van der Waals surface area contributed by atoms with Gasteiger partial charge in [0.25, 0.3) is 11.8 Å². The van der Waals surface area contributed by atoms with E-state index in [9.17, 15) is 19.2 Å². The van der Waals surface area contributed by atoms with E-state index in [1.807, 2.05) is 0 Å². The summed E-state index contributed by atoms with van der Waals surface area (Å²) in [5.41, 5.74) is 4.20. The molecule has 1 fully saturated rings. The lowest BCUT2D eigenvalue weighted by molar-refractivity contribution is -0.143. The summed E-state index contributed by atoms with van der Waals surface area (Å²) in [6.07, 6.45) is 1.76. The molecular formula is C37H42F3N5O6S. The van der Waals surface area contributed by atoms with Crippen LogP contribution in [-0.2, 0) is 29.8 Å². The number of fused-ring (bicyclic) bond motifs is 3. The maximum absolute atomic E-state index is 16.3. The van der Waals surface area contributed by atoms with Crippen molar-refractivity contribution in [2.45, 2.75) is 69.6 Å². The monoisotopic (exact) mass is 741 g/mol. The number of hydrogen-bond acceptors (Lipinski definition) is 8. The quantitative estimate of drug-likeness (QED) is 0.0678. The Morgan fingerprint density at radius 2 is 1.79 bits per heavy atom. The first-order chi connectivity index (χ1) is 24.7. The van der Waals surface area contributed by atoms with E-state index >= 15 is 13.2 Å². The third-order valence-corrected chi connectivity index (χ3v) is 10.3. The molecule has 0 unspecified atom stereocenters. The summed E-state index contributed by atoms with van der Waals surface area (Å²) in [5, 5.41) is 14.6. The number of nitrogen functional groups attached to an aromatic ring is 1. The third kappa shape index (κ3) is 8.64. The highest BCUT2D eigenvalue weighted by atomic mass is 32.1. The first-order valence-corrected chi connectivity index (χ1v) is 18.0. The van der Waals surface area contributed by atoms with E-state index in [1.54, 1.807) is 37.4 Å². The van der Waals surface area contributed by atoms with Crippen molar-refractivity contribution in [2.75, 3.05) is 32.9 Å². The Bertz CT molecular complexity index is 1840. The number of amides is 3. The third-order valence-electron chi connectivity index (χ3n) is 9.14. The SMILES string of the molecule is CCOC(=O)CCCCCOC[C@@]1(F)C[C@@H](C(=O)N[C@H](C)c2cc(C(=N)N)cs2)N(C(=O)CNC(=O)c2ccc3c(c2)-c2ccccc2C3(F)F)C1. The molecule has 0 saturated carbocycles. The molecule has 5 N–H and O–H groups in total.